The van der Waals surface area contributed by atoms with E-state index in [1.807, 2.05) is 0 Å². The van der Waals surface area contributed by atoms with E-state index in [1.165, 1.54) is 45.4 Å². The summed E-state index contributed by atoms with van der Waals surface area (Å²) in [5.74, 6) is 0.180. The van der Waals surface area contributed by atoms with Crippen molar-refractivity contribution in [1.82, 2.24) is 0 Å². The zero-order valence-corrected chi connectivity index (χ0v) is 13.3. The molecule has 2 rings (SSSR count). The molecule has 0 aliphatic rings. The average molecular weight is 339 g/mol. The zero-order valence-electron chi connectivity index (χ0n) is 13.3. The third-order valence-corrected chi connectivity index (χ3v) is 3.45. The van der Waals surface area contributed by atoms with Crippen LogP contribution in [0.1, 0.15) is 21.5 Å². The molecule has 0 aliphatic heterocycles. The second kappa shape index (κ2) is 6.82. The summed E-state index contributed by atoms with van der Waals surface area (Å²) in [6.07, 6.45) is -4.48. The number of alkyl halides is 3. The number of aryl methyl sites for hydroxylation is 1. The Kier molecular flexibility index (Phi) is 5.02. The van der Waals surface area contributed by atoms with Gasteiger partial charge in [-0.15, -0.1) is 0 Å². The van der Waals surface area contributed by atoms with Gasteiger partial charge in [-0.3, -0.25) is 4.79 Å². The second-order valence-electron chi connectivity index (χ2n) is 5.05. The molecule has 0 saturated heterocycles. The topological polar surface area (TPSA) is 47.6 Å². The van der Waals surface area contributed by atoms with Crippen molar-refractivity contribution in [1.29, 1.82) is 0 Å². The Balaban J connectivity index is 2.30. The van der Waals surface area contributed by atoms with Crippen LogP contribution in [0.3, 0.4) is 0 Å². The van der Waals surface area contributed by atoms with Gasteiger partial charge in [0, 0.05) is 11.8 Å². The molecule has 0 fully saturated rings. The lowest BCUT2D eigenvalue weighted by Crippen LogP contribution is -2.15. The highest BCUT2D eigenvalue weighted by Crippen LogP contribution is 2.33. The number of ether oxygens (including phenoxy) is 2. The van der Waals surface area contributed by atoms with Gasteiger partial charge in [-0.1, -0.05) is 6.07 Å². The van der Waals surface area contributed by atoms with Crippen LogP contribution < -0.4 is 14.8 Å². The largest absolute Gasteiger partial charge is 0.497 e. The molecule has 0 radical (unpaired) electrons. The lowest BCUT2D eigenvalue weighted by atomic mass is 10.1. The van der Waals surface area contributed by atoms with Gasteiger partial charge in [0.2, 0.25) is 0 Å². The number of benzene rings is 2. The Morgan fingerprint density at radius 2 is 1.75 bits per heavy atom. The number of halogens is 3. The maximum atomic E-state index is 12.9. The van der Waals surface area contributed by atoms with Crippen LogP contribution in [0.2, 0.25) is 0 Å². The first-order valence-electron chi connectivity index (χ1n) is 6.97. The zero-order chi connectivity index (χ0) is 17.9. The van der Waals surface area contributed by atoms with Crippen LogP contribution in [0.15, 0.2) is 36.4 Å². The molecule has 7 heteroatoms. The summed E-state index contributed by atoms with van der Waals surface area (Å²) in [4.78, 5) is 12.3. The van der Waals surface area contributed by atoms with Crippen LogP contribution in [0.25, 0.3) is 0 Å². The van der Waals surface area contributed by atoms with E-state index in [1.54, 1.807) is 6.07 Å². The van der Waals surface area contributed by atoms with Gasteiger partial charge >= 0.3 is 6.18 Å². The molecular formula is C17H16F3NO3. The van der Waals surface area contributed by atoms with E-state index < -0.39 is 17.6 Å². The van der Waals surface area contributed by atoms with E-state index in [-0.39, 0.29) is 22.6 Å². The second-order valence-corrected chi connectivity index (χ2v) is 5.05. The molecular weight excluding hydrogens is 323 g/mol. The van der Waals surface area contributed by atoms with Crippen molar-refractivity contribution in [2.24, 2.45) is 0 Å². The molecule has 1 N–H and O–H groups in total. The Morgan fingerprint density at radius 1 is 1.04 bits per heavy atom. The summed E-state index contributed by atoms with van der Waals surface area (Å²) in [6.45, 7) is 1.36. The Labute approximate surface area is 137 Å². The van der Waals surface area contributed by atoms with Crippen molar-refractivity contribution < 1.29 is 27.4 Å². The van der Waals surface area contributed by atoms with E-state index in [2.05, 4.69) is 5.32 Å². The summed E-state index contributed by atoms with van der Waals surface area (Å²) >= 11 is 0. The molecule has 1 amide bonds. The van der Waals surface area contributed by atoms with Gasteiger partial charge in [-0.05, 0) is 36.8 Å². The molecule has 2 aromatic rings. The summed E-state index contributed by atoms with van der Waals surface area (Å²) in [7, 11) is 2.86. The fraction of sp³-hybridized carbons (Fsp3) is 0.235. The molecule has 2 aromatic carbocycles. The number of anilines is 1. The Morgan fingerprint density at radius 3 is 2.33 bits per heavy atom. The predicted octanol–water partition coefficient (Wildman–Crippen LogP) is 4.28. The number of hydrogen-bond acceptors (Lipinski definition) is 3. The van der Waals surface area contributed by atoms with Crippen LogP contribution in [0.5, 0.6) is 11.5 Å². The molecule has 0 unspecified atom stereocenters. The average Bonchev–Trinajstić information content (AvgIpc) is 2.54. The maximum absolute atomic E-state index is 12.9. The van der Waals surface area contributed by atoms with E-state index in [0.717, 1.165) is 6.07 Å². The first kappa shape index (κ1) is 17.7. The number of carbonyl (C=O) groups is 1. The summed E-state index contributed by atoms with van der Waals surface area (Å²) in [6, 6.07) is 8.19. The highest BCUT2D eigenvalue weighted by molar-refractivity contribution is 6.06. The third-order valence-electron chi connectivity index (χ3n) is 3.45. The smallest absolute Gasteiger partial charge is 0.416 e. The van der Waals surface area contributed by atoms with Crippen molar-refractivity contribution in [3.8, 4) is 11.5 Å². The third kappa shape index (κ3) is 3.79. The SMILES string of the molecule is COc1ccc(C(=O)Nc2ccc(C)c(C(F)(F)F)c2)c(OC)c1. The fourth-order valence-corrected chi connectivity index (χ4v) is 2.19. The van der Waals surface area contributed by atoms with Crippen molar-refractivity contribution in [3.05, 3.63) is 53.1 Å². The van der Waals surface area contributed by atoms with Crippen LogP contribution in [0.4, 0.5) is 18.9 Å². The van der Waals surface area contributed by atoms with Gasteiger partial charge < -0.3 is 14.8 Å². The number of nitrogens with one attached hydrogen (secondary N) is 1. The monoisotopic (exact) mass is 339 g/mol. The molecule has 0 atom stereocenters. The van der Waals surface area contributed by atoms with Crippen molar-refractivity contribution >= 4 is 11.6 Å². The number of methoxy groups -OCH3 is 2. The Bertz CT molecular complexity index is 757. The first-order valence-corrected chi connectivity index (χ1v) is 6.97. The standard InChI is InChI=1S/C17H16F3NO3/c1-10-4-5-11(8-14(10)17(18,19)20)21-16(22)13-7-6-12(23-2)9-15(13)24-3/h4-9H,1-3H3,(H,21,22). The van der Waals surface area contributed by atoms with Gasteiger partial charge in [0.25, 0.3) is 5.91 Å². The van der Waals surface area contributed by atoms with E-state index >= 15 is 0 Å². The molecule has 0 aromatic heterocycles. The minimum Gasteiger partial charge on any atom is -0.497 e. The van der Waals surface area contributed by atoms with Crippen LogP contribution in [0, 0.1) is 6.92 Å². The molecule has 0 bridgehead atoms. The molecule has 0 aliphatic carbocycles. The normalized spacial score (nSPS) is 11.1. The van der Waals surface area contributed by atoms with Crippen molar-refractivity contribution in [2.75, 3.05) is 19.5 Å². The Hall–Kier alpha value is -2.70. The lowest BCUT2D eigenvalue weighted by Gasteiger charge is -2.14. The van der Waals surface area contributed by atoms with Crippen molar-refractivity contribution in [2.45, 2.75) is 13.1 Å². The predicted molar refractivity (Wildman–Crippen MR) is 83.7 cm³/mol. The molecule has 0 spiro atoms. The van der Waals surface area contributed by atoms with Gasteiger partial charge in [0.15, 0.2) is 0 Å². The summed E-state index contributed by atoms with van der Waals surface area (Å²) in [5, 5.41) is 2.45. The lowest BCUT2D eigenvalue weighted by molar-refractivity contribution is -0.138. The molecule has 128 valence electrons. The van der Waals surface area contributed by atoms with Gasteiger partial charge in [0.1, 0.15) is 11.5 Å². The number of hydrogen-bond donors (Lipinski definition) is 1. The fourth-order valence-electron chi connectivity index (χ4n) is 2.19. The molecule has 0 saturated carbocycles. The molecule has 24 heavy (non-hydrogen) atoms. The van der Waals surface area contributed by atoms with Crippen LogP contribution in [-0.4, -0.2) is 20.1 Å². The van der Waals surface area contributed by atoms with E-state index in [4.69, 9.17) is 9.47 Å². The van der Waals surface area contributed by atoms with Crippen LogP contribution >= 0.6 is 0 Å². The minimum atomic E-state index is -4.48. The first-order chi connectivity index (χ1) is 11.3. The maximum Gasteiger partial charge on any atom is 0.416 e. The minimum absolute atomic E-state index is 0.0517. The number of amides is 1. The quantitative estimate of drug-likeness (QED) is 0.904. The van der Waals surface area contributed by atoms with Gasteiger partial charge in [-0.2, -0.15) is 13.2 Å². The highest BCUT2D eigenvalue weighted by Gasteiger charge is 2.32. The van der Waals surface area contributed by atoms with E-state index in [0.29, 0.717) is 5.75 Å². The van der Waals surface area contributed by atoms with Gasteiger partial charge in [-0.25, -0.2) is 0 Å². The van der Waals surface area contributed by atoms with E-state index in [9.17, 15) is 18.0 Å². The van der Waals surface area contributed by atoms with Crippen LogP contribution in [-0.2, 0) is 6.18 Å². The molecule has 4 nitrogen and oxygen atoms in total. The van der Waals surface area contributed by atoms with Gasteiger partial charge in [0.05, 0.1) is 25.3 Å². The highest BCUT2D eigenvalue weighted by atomic mass is 19.4. The summed E-state index contributed by atoms with van der Waals surface area (Å²) in [5.41, 5.74) is -0.465. The number of carbonyl (C=O) groups excluding carboxylic acids is 1. The van der Waals surface area contributed by atoms with Crippen molar-refractivity contribution in [3.63, 3.8) is 0 Å². The summed E-state index contributed by atoms with van der Waals surface area (Å²) < 4.78 is 49.0. The molecule has 0 heterocycles. The number of rotatable bonds is 4.